The Labute approximate surface area is 100 Å². The van der Waals surface area contributed by atoms with E-state index >= 15 is 0 Å². The van der Waals surface area contributed by atoms with Gasteiger partial charge in [-0.3, -0.25) is 0 Å². The molecule has 3 N–H and O–H groups in total. The lowest BCUT2D eigenvalue weighted by Crippen LogP contribution is -2.49. The quantitative estimate of drug-likeness (QED) is 0.685. The minimum atomic E-state index is -1.97. The van der Waals surface area contributed by atoms with Crippen LogP contribution in [0.2, 0.25) is 0 Å². The minimum Gasteiger partial charge on any atom is -0.445 e. The van der Waals surface area contributed by atoms with E-state index in [4.69, 9.17) is 4.74 Å². The third-order valence-corrected chi connectivity index (χ3v) is 2.37. The van der Waals surface area contributed by atoms with E-state index in [1.54, 1.807) is 0 Å². The van der Waals surface area contributed by atoms with Gasteiger partial charge < -0.3 is 20.3 Å². The molecular formula is C12H17NO4. The number of alkyl carbamates (subject to hydrolysis) is 1. The topological polar surface area (TPSA) is 78.8 Å². The van der Waals surface area contributed by atoms with Crippen LogP contribution in [0.25, 0.3) is 0 Å². The van der Waals surface area contributed by atoms with E-state index < -0.39 is 17.9 Å². The number of carbonyl (C=O) groups excluding carboxylic acids is 1. The van der Waals surface area contributed by atoms with Crippen LogP contribution in [0.15, 0.2) is 30.3 Å². The van der Waals surface area contributed by atoms with Crippen LogP contribution in [-0.4, -0.2) is 28.1 Å². The summed E-state index contributed by atoms with van der Waals surface area (Å²) in [5.74, 6) is -1.97. The summed E-state index contributed by atoms with van der Waals surface area (Å²) in [5, 5.41) is 20.7. The number of nitrogens with one attached hydrogen (secondary N) is 1. The first-order chi connectivity index (χ1) is 7.89. The summed E-state index contributed by atoms with van der Waals surface area (Å²) in [6.07, 6.45) is -0.685. The maximum Gasteiger partial charge on any atom is 0.407 e. The lowest BCUT2D eigenvalue weighted by Gasteiger charge is -2.24. The van der Waals surface area contributed by atoms with Crippen LogP contribution in [-0.2, 0) is 11.3 Å². The first-order valence-electron chi connectivity index (χ1n) is 5.31. The fourth-order valence-electron chi connectivity index (χ4n) is 1.08. The molecule has 0 spiro atoms. The molecular weight excluding hydrogens is 222 g/mol. The number of benzene rings is 1. The molecule has 5 nitrogen and oxygen atoms in total. The van der Waals surface area contributed by atoms with Crippen molar-refractivity contribution in [3.63, 3.8) is 0 Å². The average Bonchev–Trinajstić information content (AvgIpc) is 2.26. The predicted molar refractivity (Wildman–Crippen MR) is 62.1 cm³/mol. The highest BCUT2D eigenvalue weighted by atomic mass is 16.6. The zero-order chi connectivity index (χ0) is 12.9. The second kappa shape index (κ2) is 5.65. The summed E-state index contributed by atoms with van der Waals surface area (Å²) >= 11 is 0. The number of rotatable bonds is 4. The highest BCUT2D eigenvalue weighted by Crippen LogP contribution is 2.05. The van der Waals surface area contributed by atoms with Crippen LogP contribution in [0.3, 0.4) is 0 Å². The Morgan fingerprint density at radius 2 is 2.00 bits per heavy atom. The van der Waals surface area contributed by atoms with Crippen molar-refractivity contribution in [1.29, 1.82) is 0 Å². The molecule has 0 aliphatic rings. The monoisotopic (exact) mass is 239 g/mol. The summed E-state index contributed by atoms with van der Waals surface area (Å²) in [7, 11) is 0. The van der Waals surface area contributed by atoms with Crippen LogP contribution in [0.4, 0.5) is 4.79 Å². The van der Waals surface area contributed by atoms with Crippen molar-refractivity contribution in [2.24, 2.45) is 0 Å². The van der Waals surface area contributed by atoms with Crippen molar-refractivity contribution in [1.82, 2.24) is 5.32 Å². The molecule has 94 valence electrons. The molecule has 1 amide bonds. The van der Waals surface area contributed by atoms with E-state index in [1.807, 2.05) is 30.3 Å². The number of ether oxygens (including phenoxy) is 1. The molecule has 0 fully saturated rings. The Balaban J connectivity index is 2.36. The van der Waals surface area contributed by atoms with E-state index in [9.17, 15) is 15.0 Å². The Bertz CT molecular complexity index is 359. The van der Waals surface area contributed by atoms with Gasteiger partial charge in [0.2, 0.25) is 0 Å². The lowest BCUT2D eigenvalue weighted by molar-refractivity contribution is -0.162. The largest absolute Gasteiger partial charge is 0.445 e. The van der Waals surface area contributed by atoms with Crippen molar-refractivity contribution in [3.05, 3.63) is 35.9 Å². The van der Waals surface area contributed by atoms with Gasteiger partial charge in [0.25, 0.3) is 0 Å². The van der Waals surface area contributed by atoms with Gasteiger partial charge in [0.05, 0.1) is 6.04 Å². The molecule has 0 heterocycles. The highest BCUT2D eigenvalue weighted by molar-refractivity contribution is 5.67. The van der Waals surface area contributed by atoms with E-state index in [2.05, 4.69) is 5.32 Å². The Morgan fingerprint density at radius 1 is 1.41 bits per heavy atom. The van der Waals surface area contributed by atoms with Crippen molar-refractivity contribution in [2.75, 3.05) is 0 Å². The van der Waals surface area contributed by atoms with Crippen molar-refractivity contribution in [2.45, 2.75) is 32.3 Å². The normalized spacial score (nSPS) is 12.9. The fraction of sp³-hybridized carbons (Fsp3) is 0.417. The molecule has 0 unspecified atom stereocenters. The van der Waals surface area contributed by atoms with Gasteiger partial charge in [-0.25, -0.2) is 4.79 Å². The van der Waals surface area contributed by atoms with Gasteiger partial charge in [0.15, 0.2) is 5.79 Å². The van der Waals surface area contributed by atoms with Crippen molar-refractivity contribution in [3.8, 4) is 0 Å². The number of hydrogen-bond donors (Lipinski definition) is 3. The van der Waals surface area contributed by atoms with Gasteiger partial charge in [0, 0.05) is 0 Å². The average molecular weight is 239 g/mol. The summed E-state index contributed by atoms with van der Waals surface area (Å²) in [6.45, 7) is 2.81. The molecule has 0 aromatic heterocycles. The summed E-state index contributed by atoms with van der Waals surface area (Å²) in [5.41, 5.74) is 0.867. The Kier molecular flexibility index (Phi) is 4.48. The summed E-state index contributed by atoms with van der Waals surface area (Å²) < 4.78 is 4.92. The van der Waals surface area contributed by atoms with Crippen LogP contribution in [0.5, 0.6) is 0 Å². The summed E-state index contributed by atoms with van der Waals surface area (Å²) in [4.78, 5) is 11.3. The minimum absolute atomic E-state index is 0.146. The maximum atomic E-state index is 11.3. The van der Waals surface area contributed by atoms with Gasteiger partial charge in [0.1, 0.15) is 6.61 Å². The summed E-state index contributed by atoms with van der Waals surface area (Å²) in [6, 6.07) is 8.41. The zero-order valence-corrected chi connectivity index (χ0v) is 9.88. The Morgan fingerprint density at radius 3 is 2.53 bits per heavy atom. The van der Waals surface area contributed by atoms with Crippen LogP contribution in [0.1, 0.15) is 19.4 Å². The molecule has 0 saturated carbocycles. The third-order valence-electron chi connectivity index (χ3n) is 2.37. The third kappa shape index (κ3) is 4.84. The smallest absolute Gasteiger partial charge is 0.407 e. The Hall–Kier alpha value is -1.59. The molecule has 0 radical (unpaired) electrons. The molecule has 1 aromatic rings. The van der Waals surface area contributed by atoms with Gasteiger partial charge in [-0.05, 0) is 19.4 Å². The molecule has 0 saturated heterocycles. The predicted octanol–water partition coefficient (Wildman–Crippen LogP) is 1.00. The standard InChI is InChI=1S/C12H17NO4/c1-9(12(2,15)16)13-11(14)17-8-10-6-4-3-5-7-10/h3-7,9,15-16H,8H2,1-2H3,(H,13,14)/t9-/m1/s1. The molecule has 0 aliphatic carbocycles. The van der Waals surface area contributed by atoms with Crippen molar-refractivity contribution >= 4 is 6.09 Å². The van der Waals surface area contributed by atoms with Crippen LogP contribution >= 0.6 is 0 Å². The maximum absolute atomic E-state index is 11.3. The van der Waals surface area contributed by atoms with Gasteiger partial charge in [-0.2, -0.15) is 0 Å². The number of amides is 1. The molecule has 1 atom stereocenters. The lowest BCUT2D eigenvalue weighted by atomic mass is 10.1. The second-order valence-electron chi connectivity index (χ2n) is 4.02. The zero-order valence-electron chi connectivity index (χ0n) is 9.88. The molecule has 0 bridgehead atoms. The SMILES string of the molecule is C[C@@H](NC(=O)OCc1ccccc1)C(C)(O)O. The van der Waals surface area contributed by atoms with Gasteiger partial charge in [-0.1, -0.05) is 30.3 Å². The van der Waals surface area contributed by atoms with Crippen molar-refractivity contribution < 1.29 is 19.7 Å². The highest BCUT2D eigenvalue weighted by Gasteiger charge is 2.26. The van der Waals surface area contributed by atoms with Crippen LogP contribution in [0, 0.1) is 0 Å². The second-order valence-corrected chi connectivity index (χ2v) is 4.02. The first-order valence-corrected chi connectivity index (χ1v) is 5.31. The molecule has 1 rings (SSSR count). The first kappa shape index (κ1) is 13.5. The fourth-order valence-corrected chi connectivity index (χ4v) is 1.08. The number of hydrogen-bond acceptors (Lipinski definition) is 4. The molecule has 5 heteroatoms. The van der Waals surface area contributed by atoms with E-state index in [-0.39, 0.29) is 6.61 Å². The van der Waals surface area contributed by atoms with Crippen LogP contribution < -0.4 is 5.32 Å². The van der Waals surface area contributed by atoms with E-state index in [0.29, 0.717) is 0 Å². The number of carbonyl (C=O) groups is 1. The molecule has 0 aliphatic heterocycles. The molecule has 1 aromatic carbocycles. The van der Waals surface area contributed by atoms with E-state index in [0.717, 1.165) is 5.56 Å². The van der Waals surface area contributed by atoms with Gasteiger partial charge >= 0.3 is 6.09 Å². The van der Waals surface area contributed by atoms with E-state index in [1.165, 1.54) is 13.8 Å². The molecule has 17 heavy (non-hydrogen) atoms. The van der Waals surface area contributed by atoms with Gasteiger partial charge in [-0.15, -0.1) is 0 Å². The number of aliphatic hydroxyl groups is 2.